The number of ether oxygens (including phenoxy) is 1. The molecule has 2 aliphatic heterocycles. The van der Waals surface area contributed by atoms with E-state index >= 15 is 0 Å². The molecule has 1 aromatic heterocycles. The van der Waals surface area contributed by atoms with Crippen LogP contribution in [-0.4, -0.2) is 65.6 Å². The molecule has 0 saturated carbocycles. The van der Waals surface area contributed by atoms with Crippen LogP contribution in [0, 0.1) is 12.8 Å². The first-order valence-corrected chi connectivity index (χ1v) is 9.10. The molecule has 2 fully saturated rings. The average molecular weight is 339 g/mol. The topological polar surface area (TPSA) is 84.6 Å². The first-order valence-electron chi connectivity index (χ1n) is 8.32. The van der Waals surface area contributed by atoms with Crippen molar-refractivity contribution < 1.29 is 9.53 Å². The van der Waals surface area contributed by atoms with Crippen LogP contribution >= 0.6 is 11.5 Å². The summed E-state index contributed by atoms with van der Waals surface area (Å²) in [6.07, 6.45) is 2.71. The summed E-state index contributed by atoms with van der Waals surface area (Å²) >= 11 is 1.43. The number of nitrogens with zero attached hydrogens (tertiary/aromatic N) is 4. The van der Waals surface area contributed by atoms with Crippen molar-refractivity contribution in [1.29, 1.82) is 0 Å². The average Bonchev–Trinajstić information content (AvgIpc) is 2.86. The van der Waals surface area contributed by atoms with Gasteiger partial charge in [-0.25, -0.2) is 4.98 Å². The predicted molar refractivity (Wildman–Crippen MR) is 89.6 cm³/mol. The van der Waals surface area contributed by atoms with Crippen molar-refractivity contribution in [2.75, 3.05) is 44.3 Å². The summed E-state index contributed by atoms with van der Waals surface area (Å²) < 4.78 is 9.60. The molecule has 3 heterocycles. The van der Waals surface area contributed by atoms with E-state index in [9.17, 15) is 4.79 Å². The van der Waals surface area contributed by atoms with Crippen molar-refractivity contribution in [3.05, 3.63) is 5.82 Å². The second-order valence-electron chi connectivity index (χ2n) is 6.27. The number of amides is 1. The number of hydrogen-bond donors (Lipinski definition) is 1. The molecule has 1 atom stereocenters. The molecule has 0 bridgehead atoms. The fourth-order valence-electron chi connectivity index (χ4n) is 3.23. The van der Waals surface area contributed by atoms with E-state index in [-0.39, 0.29) is 11.8 Å². The lowest BCUT2D eigenvalue weighted by Gasteiger charge is -2.31. The van der Waals surface area contributed by atoms with Crippen molar-refractivity contribution >= 4 is 22.6 Å². The molecule has 2 aliphatic rings. The second kappa shape index (κ2) is 7.55. The van der Waals surface area contributed by atoms with Gasteiger partial charge in [-0.3, -0.25) is 4.79 Å². The third kappa shape index (κ3) is 3.99. The fourth-order valence-corrected chi connectivity index (χ4v) is 3.96. The molecule has 2 N–H and O–H groups in total. The maximum absolute atomic E-state index is 12.7. The SMILES string of the molecule is Cc1nsc(N2CCCN(C(=O)C(N)C3CCOCC3)CC2)n1. The Bertz CT molecular complexity index is 532. The summed E-state index contributed by atoms with van der Waals surface area (Å²) in [5, 5.41) is 0.950. The van der Waals surface area contributed by atoms with Crippen LogP contribution in [0.5, 0.6) is 0 Å². The third-order valence-corrected chi connectivity index (χ3v) is 5.52. The lowest BCUT2D eigenvalue weighted by atomic mass is 9.91. The van der Waals surface area contributed by atoms with Gasteiger partial charge < -0.3 is 20.3 Å². The largest absolute Gasteiger partial charge is 0.381 e. The molecular weight excluding hydrogens is 314 g/mol. The number of aromatic nitrogens is 2. The number of rotatable bonds is 3. The molecule has 0 spiro atoms. The van der Waals surface area contributed by atoms with Gasteiger partial charge in [0.1, 0.15) is 5.82 Å². The molecule has 0 aliphatic carbocycles. The number of carbonyl (C=O) groups is 1. The van der Waals surface area contributed by atoms with Gasteiger partial charge in [0, 0.05) is 50.9 Å². The Hall–Kier alpha value is -1.25. The van der Waals surface area contributed by atoms with E-state index in [1.54, 1.807) is 0 Å². The summed E-state index contributed by atoms with van der Waals surface area (Å²) in [4.78, 5) is 21.3. The van der Waals surface area contributed by atoms with Gasteiger partial charge in [-0.1, -0.05) is 0 Å². The van der Waals surface area contributed by atoms with E-state index < -0.39 is 6.04 Å². The maximum Gasteiger partial charge on any atom is 0.239 e. The van der Waals surface area contributed by atoms with Crippen molar-refractivity contribution in [1.82, 2.24) is 14.3 Å². The van der Waals surface area contributed by atoms with E-state index in [0.717, 1.165) is 63.1 Å². The lowest BCUT2D eigenvalue weighted by Crippen LogP contribution is -2.50. The minimum atomic E-state index is -0.394. The van der Waals surface area contributed by atoms with Crippen LogP contribution in [-0.2, 0) is 9.53 Å². The van der Waals surface area contributed by atoms with E-state index in [0.29, 0.717) is 6.54 Å². The van der Waals surface area contributed by atoms with Crippen molar-refractivity contribution in [3.63, 3.8) is 0 Å². The quantitative estimate of drug-likeness (QED) is 0.870. The highest BCUT2D eigenvalue weighted by Crippen LogP contribution is 2.21. The van der Waals surface area contributed by atoms with Crippen LogP contribution in [0.15, 0.2) is 0 Å². The summed E-state index contributed by atoms with van der Waals surface area (Å²) in [5.41, 5.74) is 6.24. The van der Waals surface area contributed by atoms with Crippen LogP contribution in [0.25, 0.3) is 0 Å². The Kier molecular flexibility index (Phi) is 5.45. The summed E-state index contributed by atoms with van der Waals surface area (Å²) in [6.45, 7) is 6.51. The summed E-state index contributed by atoms with van der Waals surface area (Å²) in [7, 11) is 0. The molecule has 1 unspecified atom stereocenters. The molecule has 0 aromatic carbocycles. The van der Waals surface area contributed by atoms with Crippen molar-refractivity contribution in [2.45, 2.75) is 32.2 Å². The standard InChI is InChI=1S/C15H25N5O2S/c1-11-17-15(23-18-11)20-6-2-5-19(7-8-20)14(21)13(16)12-3-9-22-10-4-12/h12-13H,2-10,16H2,1H3. The zero-order chi connectivity index (χ0) is 16.2. The first-order chi connectivity index (χ1) is 11.1. The van der Waals surface area contributed by atoms with E-state index in [1.165, 1.54) is 11.5 Å². The highest BCUT2D eigenvalue weighted by Gasteiger charge is 2.31. The van der Waals surface area contributed by atoms with Crippen molar-refractivity contribution in [2.24, 2.45) is 11.7 Å². The number of carbonyl (C=O) groups excluding carboxylic acids is 1. The van der Waals surface area contributed by atoms with Gasteiger partial charge in [0.05, 0.1) is 6.04 Å². The Morgan fingerprint density at radius 2 is 2.09 bits per heavy atom. The molecule has 7 nitrogen and oxygen atoms in total. The van der Waals surface area contributed by atoms with Crippen LogP contribution in [0.4, 0.5) is 5.13 Å². The molecular formula is C15H25N5O2S. The molecule has 1 aromatic rings. The Morgan fingerprint density at radius 1 is 1.30 bits per heavy atom. The molecule has 8 heteroatoms. The Labute approximate surface area is 141 Å². The van der Waals surface area contributed by atoms with E-state index in [2.05, 4.69) is 14.3 Å². The Morgan fingerprint density at radius 3 is 2.78 bits per heavy atom. The normalized spacial score (nSPS) is 22.0. The van der Waals surface area contributed by atoms with Gasteiger partial charge >= 0.3 is 0 Å². The Balaban J connectivity index is 1.57. The summed E-state index contributed by atoms with van der Waals surface area (Å²) in [5.74, 6) is 1.15. The molecule has 1 amide bonds. The van der Waals surface area contributed by atoms with Gasteiger partial charge in [0.25, 0.3) is 0 Å². The van der Waals surface area contributed by atoms with Gasteiger partial charge in [-0.05, 0) is 32.1 Å². The minimum Gasteiger partial charge on any atom is -0.381 e. The highest BCUT2D eigenvalue weighted by atomic mass is 32.1. The van der Waals surface area contributed by atoms with Crippen molar-refractivity contribution in [3.8, 4) is 0 Å². The minimum absolute atomic E-state index is 0.0900. The van der Waals surface area contributed by atoms with Crippen LogP contribution in [0.3, 0.4) is 0 Å². The monoisotopic (exact) mass is 339 g/mol. The molecule has 2 saturated heterocycles. The van der Waals surface area contributed by atoms with Crippen LogP contribution < -0.4 is 10.6 Å². The second-order valence-corrected chi connectivity index (χ2v) is 7.00. The zero-order valence-corrected chi connectivity index (χ0v) is 14.4. The predicted octanol–water partition coefficient (Wildman–Crippen LogP) is 0.639. The molecule has 0 radical (unpaired) electrons. The highest BCUT2D eigenvalue weighted by molar-refractivity contribution is 7.09. The van der Waals surface area contributed by atoms with E-state index in [1.807, 2.05) is 11.8 Å². The van der Waals surface area contributed by atoms with Gasteiger partial charge in [0.15, 0.2) is 0 Å². The molecule has 128 valence electrons. The first kappa shape index (κ1) is 16.6. The van der Waals surface area contributed by atoms with Crippen LogP contribution in [0.1, 0.15) is 25.1 Å². The van der Waals surface area contributed by atoms with Gasteiger partial charge in [-0.2, -0.15) is 4.37 Å². The van der Waals surface area contributed by atoms with Gasteiger partial charge in [0.2, 0.25) is 11.0 Å². The summed E-state index contributed by atoms with van der Waals surface area (Å²) in [6, 6.07) is -0.394. The van der Waals surface area contributed by atoms with Crippen LogP contribution in [0.2, 0.25) is 0 Å². The number of hydrogen-bond acceptors (Lipinski definition) is 7. The maximum atomic E-state index is 12.7. The zero-order valence-electron chi connectivity index (χ0n) is 13.6. The van der Waals surface area contributed by atoms with Gasteiger partial charge in [-0.15, -0.1) is 0 Å². The smallest absolute Gasteiger partial charge is 0.239 e. The lowest BCUT2D eigenvalue weighted by molar-refractivity contribution is -0.134. The number of nitrogens with two attached hydrogens (primary N) is 1. The number of anilines is 1. The van der Waals surface area contributed by atoms with E-state index in [4.69, 9.17) is 10.5 Å². The third-order valence-electron chi connectivity index (χ3n) is 4.65. The number of aryl methyl sites for hydroxylation is 1. The molecule has 23 heavy (non-hydrogen) atoms. The molecule has 3 rings (SSSR count). The fraction of sp³-hybridized carbons (Fsp3) is 0.800.